The molecule has 14 nitrogen and oxygen atoms in total. The van der Waals surface area contributed by atoms with Crippen molar-refractivity contribution in [2.75, 3.05) is 23.0 Å². The molecule has 0 saturated carbocycles. The number of primary amides is 1. The summed E-state index contributed by atoms with van der Waals surface area (Å²) >= 11 is 0. The number of carbonyl (C=O) groups is 3. The van der Waals surface area contributed by atoms with Gasteiger partial charge in [-0.2, -0.15) is 12.7 Å². The number of anilines is 2. The van der Waals surface area contributed by atoms with E-state index >= 15 is 0 Å². The maximum absolute atomic E-state index is 13.9. The van der Waals surface area contributed by atoms with Crippen molar-refractivity contribution >= 4 is 50.2 Å². The van der Waals surface area contributed by atoms with E-state index in [1.54, 1.807) is 66.7 Å². The summed E-state index contributed by atoms with van der Waals surface area (Å²) in [7, 11) is -4.35. The van der Waals surface area contributed by atoms with Crippen molar-refractivity contribution in [1.82, 2.24) is 19.9 Å². The average molecular weight is 690 g/mol. The zero-order valence-electron chi connectivity index (χ0n) is 27.0. The third-order valence-corrected chi connectivity index (χ3v) is 9.42. The zero-order valence-corrected chi connectivity index (χ0v) is 27.8. The third kappa shape index (κ3) is 8.69. The molecule has 0 radical (unpaired) electrons. The standard InChI is InChI=1S/C34H39N7O7S/c1-22(2)20-40(49(46,47)41-30-15-9-8-14-26(30)39-48-41)21-31(42)28(18-23-10-4-3-5-11-23)37-34(45)29(19-32(35)43)38-33(44)27-17-16-24-12-6-7-13-25(24)36-27/h3-17,22,28-29,31,39,42H,18-21H2,1-2H3,(H2,35,43)(H,37,45)(H,38,44)/t28-,29-,31+/m0/s1. The predicted molar refractivity (Wildman–Crippen MR) is 184 cm³/mol. The Kier molecular flexibility index (Phi) is 11.1. The summed E-state index contributed by atoms with van der Waals surface area (Å²) in [5.41, 5.74) is 10.1. The fraction of sp³-hybridized carbons (Fsp3) is 0.294. The Balaban J connectivity index is 1.38. The van der Waals surface area contributed by atoms with Crippen LogP contribution in [0, 0.1) is 5.92 Å². The van der Waals surface area contributed by atoms with E-state index < -0.39 is 59.1 Å². The van der Waals surface area contributed by atoms with Crippen molar-refractivity contribution in [3.05, 3.63) is 102 Å². The number of rotatable bonds is 15. The molecule has 15 heteroatoms. The molecule has 3 aromatic carbocycles. The quantitative estimate of drug-likeness (QED) is 0.124. The monoisotopic (exact) mass is 689 g/mol. The molecule has 6 N–H and O–H groups in total. The number of aliphatic hydroxyl groups excluding tert-OH is 1. The van der Waals surface area contributed by atoms with Crippen LogP contribution < -0.4 is 26.3 Å². The van der Waals surface area contributed by atoms with Crippen LogP contribution in [-0.4, -0.2) is 71.8 Å². The fourth-order valence-corrected chi connectivity index (χ4v) is 6.99. The summed E-state index contributed by atoms with van der Waals surface area (Å²) in [4.78, 5) is 48.7. The molecule has 0 spiro atoms. The van der Waals surface area contributed by atoms with E-state index in [-0.39, 0.29) is 30.3 Å². The average Bonchev–Trinajstić information content (AvgIpc) is 3.52. The number of nitrogens with two attached hydrogens (primary N) is 1. The van der Waals surface area contributed by atoms with Crippen LogP contribution in [0.5, 0.6) is 0 Å². The number of hydrogen-bond acceptors (Lipinski definition) is 9. The number of aliphatic hydroxyl groups is 1. The number of amides is 3. The number of aromatic nitrogens is 1. The largest absolute Gasteiger partial charge is 0.390 e. The molecule has 1 aliphatic heterocycles. The van der Waals surface area contributed by atoms with Gasteiger partial charge >= 0.3 is 10.2 Å². The first-order valence-electron chi connectivity index (χ1n) is 15.7. The van der Waals surface area contributed by atoms with Crippen molar-refractivity contribution in [2.45, 2.75) is 44.9 Å². The van der Waals surface area contributed by atoms with Gasteiger partial charge in [0.05, 0.1) is 29.8 Å². The Labute approximate surface area is 284 Å². The molecule has 0 bridgehead atoms. The summed E-state index contributed by atoms with van der Waals surface area (Å²) in [5, 5.41) is 17.7. The lowest BCUT2D eigenvalue weighted by atomic mass is 10.00. The highest BCUT2D eigenvalue weighted by Gasteiger charge is 2.39. The molecule has 0 unspecified atom stereocenters. The summed E-state index contributed by atoms with van der Waals surface area (Å²) in [5.74, 6) is -2.50. The van der Waals surface area contributed by atoms with Gasteiger partial charge in [0, 0.05) is 18.5 Å². The topological polar surface area (TPSA) is 196 Å². The second kappa shape index (κ2) is 15.4. The van der Waals surface area contributed by atoms with Crippen molar-refractivity contribution in [3.8, 4) is 0 Å². The van der Waals surface area contributed by atoms with Gasteiger partial charge in [-0.1, -0.05) is 80.6 Å². The molecule has 4 aromatic rings. The van der Waals surface area contributed by atoms with E-state index in [0.717, 1.165) is 19.7 Å². The first-order valence-corrected chi connectivity index (χ1v) is 17.1. The molecular formula is C34H39N7O7S. The van der Waals surface area contributed by atoms with Crippen molar-refractivity contribution in [3.63, 3.8) is 0 Å². The Morgan fingerprint density at radius 3 is 2.37 bits per heavy atom. The van der Waals surface area contributed by atoms with Gasteiger partial charge in [-0.05, 0) is 42.2 Å². The van der Waals surface area contributed by atoms with Crippen LogP contribution >= 0.6 is 0 Å². The van der Waals surface area contributed by atoms with Gasteiger partial charge in [-0.25, -0.2) is 10.5 Å². The third-order valence-electron chi connectivity index (χ3n) is 7.78. The minimum Gasteiger partial charge on any atom is -0.390 e. The number of carbonyl (C=O) groups excluding carboxylic acids is 3. The number of fused-ring (bicyclic) bond motifs is 2. The molecule has 1 aromatic heterocycles. The molecule has 3 atom stereocenters. The van der Waals surface area contributed by atoms with E-state index in [1.165, 1.54) is 6.07 Å². The predicted octanol–water partition coefficient (Wildman–Crippen LogP) is 2.28. The highest BCUT2D eigenvalue weighted by molar-refractivity contribution is 7.90. The summed E-state index contributed by atoms with van der Waals surface area (Å²) in [6, 6.07) is 23.6. The maximum atomic E-state index is 13.9. The Morgan fingerprint density at radius 2 is 1.63 bits per heavy atom. The Morgan fingerprint density at radius 1 is 0.939 bits per heavy atom. The molecule has 49 heavy (non-hydrogen) atoms. The van der Waals surface area contributed by atoms with Crippen LogP contribution in [0.1, 0.15) is 36.3 Å². The zero-order chi connectivity index (χ0) is 35.1. The van der Waals surface area contributed by atoms with Crippen LogP contribution in [0.4, 0.5) is 11.4 Å². The number of nitrogens with one attached hydrogen (secondary N) is 3. The highest BCUT2D eigenvalue weighted by Crippen LogP contribution is 2.34. The molecule has 5 rings (SSSR count). The van der Waals surface area contributed by atoms with Crippen LogP contribution in [0.2, 0.25) is 0 Å². The van der Waals surface area contributed by atoms with E-state index in [4.69, 9.17) is 10.7 Å². The lowest BCUT2D eigenvalue weighted by Crippen LogP contribution is -2.57. The summed E-state index contributed by atoms with van der Waals surface area (Å²) in [6.07, 6.45) is -1.89. The first kappa shape index (κ1) is 35.2. The second-order valence-corrected chi connectivity index (χ2v) is 13.9. The number of benzene rings is 3. The highest BCUT2D eigenvalue weighted by atomic mass is 32.2. The van der Waals surface area contributed by atoms with Crippen LogP contribution in [-0.2, 0) is 31.2 Å². The first-order chi connectivity index (χ1) is 23.4. The van der Waals surface area contributed by atoms with Gasteiger partial charge in [-0.15, -0.1) is 9.41 Å². The van der Waals surface area contributed by atoms with Crippen molar-refractivity contribution < 1.29 is 32.8 Å². The van der Waals surface area contributed by atoms with Gasteiger partial charge in [0.25, 0.3) is 5.91 Å². The summed E-state index contributed by atoms with van der Waals surface area (Å²) < 4.78 is 29.7. The van der Waals surface area contributed by atoms with E-state index in [1.807, 2.05) is 32.0 Å². The van der Waals surface area contributed by atoms with Crippen LogP contribution in [0.15, 0.2) is 91.0 Å². The smallest absolute Gasteiger partial charge is 0.328 e. The van der Waals surface area contributed by atoms with Crippen molar-refractivity contribution in [1.29, 1.82) is 0 Å². The van der Waals surface area contributed by atoms with E-state index in [0.29, 0.717) is 11.2 Å². The van der Waals surface area contributed by atoms with Gasteiger partial charge in [0.1, 0.15) is 17.4 Å². The molecule has 258 valence electrons. The van der Waals surface area contributed by atoms with Gasteiger partial charge in [0.15, 0.2) is 0 Å². The van der Waals surface area contributed by atoms with Crippen molar-refractivity contribution in [2.24, 2.45) is 11.7 Å². The molecule has 0 fully saturated rings. The number of nitrogens with zero attached hydrogens (tertiary/aromatic N) is 3. The second-order valence-electron chi connectivity index (χ2n) is 12.1. The Bertz CT molecular complexity index is 1910. The SMILES string of the molecule is CC(C)CN(C[C@@H](O)[C@H](Cc1ccccc1)NC(=O)[C@H](CC(N)=O)NC(=O)c1ccc2ccccc2n1)S(=O)(=O)N1ONc2ccccc21. The molecular weight excluding hydrogens is 650 g/mol. The fourth-order valence-electron chi connectivity index (χ4n) is 5.41. The minimum atomic E-state index is -4.35. The van der Waals surface area contributed by atoms with Gasteiger partial charge in [0.2, 0.25) is 11.8 Å². The molecule has 0 saturated heterocycles. The molecule has 3 amide bonds. The normalized spacial score (nSPS) is 14.6. The number of para-hydroxylation sites is 3. The Hall–Kier alpha value is -5.09. The van der Waals surface area contributed by atoms with E-state index in [2.05, 4.69) is 21.1 Å². The number of pyridine rings is 1. The van der Waals surface area contributed by atoms with Crippen LogP contribution in [0.25, 0.3) is 10.9 Å². The van der Waals surface area contributed by atoms with Crippen LogP contribution in [0.3, 0.4) is 0 Å². The van der Waals surface area contributed by atoms with Gasteiger partial charge in [-0.3, -0.25) is 14.4 Å². The minimum absolute atomic E-state index is 0.0204. The number of hydrogen-bond donors (Lipinski definition) is 5. The molecule has 2 heterocycles. The lowest BCUT2D eigenvalue weighted by molar-refractivity contribution is -0.128. The van der Waals surface area contributed by atoms with E-state index in [9.17, 15) is 27.9 Å². The molecule has 1 aliphatic rings. The molecule has 0 aliphatic carbocycles. The lowest BCUT2D eigenvalue weighted by Gasteiger charge is -2.33. The maximum Gasteiger partial charge on any atom is 0.328 e. The summed E-state index contributed by atoms with van der Waals surface area (Å²) in [6.45, 7) is 3.26. The van der Waals surface area contributed by atoms with Gasteiger partial charge < -0.3 is 21.5 Å².